The molecule has 1 heterocycles. The maximum Gasteiger partial charge on any atom is 0.339 e. The van der Waals surface area contributed by atoms with Crippen LogP contribution in [0.5, 0.6) is 5.75 Å². The average molecular weight is 381 g/mol. The monoisotopic (exact) mass is 381 g/mol. The SMILES string of the molecule is COC(=O)c1ccccc1NC(=O)CCc1nc(-c2cccc(OC)c2)no1. The highest BCUT2D eigenvalue weighted by Crippen LogP contribution is 2.21. The summed E-state index contributed by atoms with van der Waals surface area (Å²) in [7, 11) is 2.87. The Labute approximate surface area is 161 Å². The predicted molar refractivity (Wildman–Crippen MR) is 101 cm³/mol. The van der Waals surface area contributed by atoms with Gasteiger partial charge in [0.2, 0.25) is 17.6 Å². The third kappa shape index (κ3) is 4.53. The van der Waals surface area contributed by atoms with Gasteiger partial charge in [-0.15, -0.1) is 0 Å². The van der Waals surface area contributed by atoms with Gasteiger partial charge in [0.25, 0.3) is 0 Å². The van der Waals surface area contributed by atoms with Crippen LogP contribution in [0.1, 0.15) is 22.7 Å². The molecule has 1 aromatic heterocycles. The summed E-state index contributed by atoms with van der Waals surface area (Å²) in [6, 6.07) is 13.9. The van der Waals surface area contributed by atoms with Gasteiger partial charge in [-0.2, -0.15) is 4.98 Å². The highest BCUT2D eigenvalue weighted by atomic mass is 16.5. The van der Waals surface area contributed by atoms with E-state index in [1.54, 1.807) is 37.4 Å². The molecule has 8 nitrogen and oxygen atoms in total. The number of methoxy groups -OCH3 is 2. The van der Waals surface area contributed by atoms with Crippen molar-refractivity contribution in [2.24, 2.45) is 0 Å². The first kappa shape index (κ1) is 19.1. The summed E-state index contributed by atoms with van der Waals surface area (Å²) in [4.78, 5) is 28.3. The number of ether oxygens (including phenoxy) is 2. The standard InChI is InChI=1S/C20H19N3O5/c1-26-14-7-5-6-13(12-14)19-22-18(28-23-19)11-10-17(24)21-16-9-4-3-8-15(16)20(25)27-2/h3-9,12H,10-11H2,1-2H3,(H,21,24). The van der Waals surface area contributed by atoms with Gasteiger partial charge >= 0.3 is 5.97 Å². The molecule has 0 unspecified atom stereocenters. The van der Waals surface area contributed by atoms with E-state index in [1.807, 2.05) is 18.2 Å². The molecule has 3 rings (SSSR count). The number of aromatic nitrogens is 2. The Morgan fingerprint density at radius 1 is 1.11 bits per heavy atom. The third-order valence-corrected chi connectivity index (χ3v) is 3.97. The molecular weight excluding hydrogens is 362 g/mol. The number of amides is 1. The summed E-state index contributed by atoms with van der Waals surface area (Å²) in [5, 5.41) is 6.64. The summed E-state index contributed by atoms with van der Waals surface area (Å²) in [5.74, 6) is 0.653. The molecule has 0 bridgehead atoms. The molecule has 3 aromatic rings. The Kier molecular flexibility index (Phi) is 6.01. The van der Waals surface area contributed by atoms with Gasteiger partial charge in [-0.05, 0) is 24.3 Å². The van der Waals surface area contributed by atoms with Crippen LogP contribution >= 0.6 is 0 Å². The van der Waals surface area contributed by atoms with Crippen LogP contribution in [0.15, 0.2) is 53.1 Å². The number of nitrogens with zero attached hydrogens (tertiary/aromatic N) is 2. The minimum atomic E-state index is -0.518. The van der Waals surface area contributed by atoms with Crippen molar-refractivity contribution in [1.82, 2.24) is 10.1 Å². The molecule has 0 aliphatic heterocycles. The van der Waals surface area contributed by atoms with Crippen molar-refractivity contribution >= 4 is 17.6 Å². The highest BCUT2D eigenvalue weighted by molar-refractivity contribution is 6.01. The lowest BCUT2D eigenvalue weighted by atomic mass is 10.1. The summed E-state index contributed by atoms with van der Waals surface area (Å²) < 4.78 is 15.1. The lowest BCUT2D eigenvalue weighted by Crippen LogP contribution is -2.15. The number of hydrogen-bond acceptors (Lipinski definition) is 7. The second-order valence-electron chi connectivity index (χ2n) is 5.83. The number of carbonyl (C=O) groups is 2. The molecule has 0 aliphatic rings. The van der Waals surface area contributed by atoms with E-state index in [9.17, 15) is 9.59 Å². The molecule has 0 fully saturated rings. The molecule has 144 valence electrons. The fourth-order valence-corrected chi connectivity index (χ4v) is 2.55. The zero-order valence-electron chi connectivity index (χ0n) is 15.5. The van der Waals surface area contributed by atoms with Gasteiger partial charge in [-0.3, -0.25) is 4.79 Å². The second kappa shape index (κ2) is 8.81. The van der Waals surface area contributed by atoms with E-state index in [0.717, 1.165) is 5.56 Å². The minimum Gasteiger partial charge on any atom is -0.497 e. The molecule has 0 aliphatic carbocycles. The van der Waals surface area contributed by atoms with Gasteiger partial charge in [0.15, 0.2) is 0 Å². The fourth-order valence-electron chi connectivity index (χ4n) is 2.55. The summed E-state index contributed by atoms with van der Waals surface area (Å²) in [6.07, 6.45) is 0.387. The van der Waals surface area contributed by atoms with Crippen LogP contribution in [0, 0.1) is 0 Å². The van der Waals surface area contributed by atoms with E-state index in [4.69, 9.17) is 14.0 Å². The van der Waals surface area contributed by atoms with Crippen LogP contribution < -0.4 is 10.1 Å². The van der Waals surface area contributed by atoms with E-state index in [1.165, 1.54) is 7.11 Å². The Morgan fingerprint density at radius 2 is 1.93 bits per heavy atom. The number of para-hydroxylation sites is 1. The van der Waals surface area contributed by atoms with Crippen molar-refractivity contribution < 1.29 is 23.6 Å². The van der Waals surface area contributed by atoms with Crippen molar-refractivity contribution in [2.45, 2.75) is 12.8 Å². The molecule has 28 heavy (non-hydrogen) atoms. The highest BCUT2D eigenvalue weighted by Gasteiger charge is 2.15. The van der Waals surface area contributed by atoms with Crippen molar-refractivity contribution in [3.63, 3.8) is 0 Å². The number of rotatable bonds is 7. The Morgan fingerprint density at radius 3 is 2.71 bits per heavy atom. The summed E-state index contributed by atoms with van der Waals surface area (Å²) >= 11 is 0. The summed E-state index contributed by atoms with van der Waals surface area (Å²) in [6.45, 7) is 0. The van der Waals surface area contributed by atoms with Crippen LogP contribution in [0.25, 0.3) is 11.4 Å². The Bertz CT molecular complexity index is 983. The lowest BCUT2D eigenvalue weighted by molar-refractivity contribution is -0.116. The molecule has 8 heteroatoms. The average Bonchev–Trinajstić information content (AvgIpc) is 3.21. The smallest absolute Gasteiger partial charge is 0.339 e. The molecule has 2 aromatic carbocycles. The fraction of sp³-hybridized carbons (Fsp3) is 0.200. The van der Waals surface area contributed by atoms with E-state index < -0.39 is 5.97 Å². The minimum absolute atomic E-state index is 0.120. The number of benzene rings is 2. The van der Waals surface area contributed by atoms with Crippen molar-refractivity contribution in [1.29, 1.82) is 0 Å². The van der Waals surface area contributed by atoms with E-state index in [2.05, 4.69) is 15.5 Å². The topological polar surface area (TPSA) is 104 Å². The van der Waals surface area contributed by atoms with E-state index in [-0.39, 0.29) is 24.3 Å². The third-order valence-electron chi connectivity index (χ3n) is 3.97. The van der Waals surface area contributed by atoms with Gasteiger partial charge in [0, 0.05) is 18.4 Å². The first-order chi connectivity index (χ1) is 13.6. The maximum absolute atomic E-state index is 12.2. The largest absolute Gasteiger partial charge is 0.497 e. The second-order valence-corrected chi connectivity index (χ2v) is 5.83. The number of aryl methyl sites for hydroxylation is 1. The number of esters is 1. The number of nitrogens with one attached hydrogen (secondary N) is 1. The molecule has 0 atom stereocenters. The van der Waals surface area contributed by atoms with E-state index >= 15 is 0 Å². The molecule has 0 saturated heterocycles. The van der Waals surface area contributed by atoms with Crippen LogP contribution in [0.3, 0.4) is 0 Å². The first-order valence-corrected chi connectivity index (χ1v) is 8.55. The van der Waals surface area contributed by atoms with E-state index in [0.29, 0.717) is 23.2 Å². The maximum atomic E-state index is 12.2. The molecule has 1 N–H and O–H groups in total. The van der Waals surface area contributed by atoms with Crippen LogP contribution in [0.2, 0.25) is 0 Å². The van der Waals surface area contributed by atoms with Gasteiger partial charge in [0.1, 0.15) is 5.75 Å². The Balaban J connectivity index is 1.62. The normalized spacial score (nSPS) is 10.4. The zero-order chi connectivity index (χ0) is 19.9. The number of hydrogen-bond donors (Lipinski definition) is 1. The molecular formula is C20H19N3O5. The molecule has 1 amide bonds. The molecule has 0 radical (unpaired) electrons. The molecule has 0 saturated carbocycles. The molecule has 0 spiro atoms. The van der Waals surface area contributed by atoms with Gasteiger partial charge < -0.3 is 19.3 Å². The van der Waals surface area contributed by atoms with Gasteiger partial charge in [-0.25, -0.2) is 4.79 Å². The van der Waals surface area contributed by atoms with Crippen molar-refractivity contribution in [3.05, 3.63) is 60.0 Å². The zero-order valence-corrected chi connectivity index (χ0v) is 15.5. The van der Waals surface area contributed by atoms with Crippen LogP contribution in [-0.2, 0) is 16.0 Å². The Hall–Kier alpha value is -3.68. The number of carbonyl (C=O) groups excluding carboxylic acids is 2. The lowest BCUT2D eigenvalue weighted by Gasteiger charge is -2.08. The van der Waals surface area contributed by atoms with Crippen LogP contribution in [-0.4, -0.2) is 36.2 Å². The quantitative estimate of drug-likeness (QED) is 0.627. The van der Waals surface area contributed by atoms with Crippen molar-refractivity contribution in [3.8, 4) is 17.1 Å². The van der Waals surface area contributed by atoms with Gasteiger partial charge in [-0.1, -0.05) is 29.4 Å². The number of anilines is 1. The summed E-state index contributed by atoms with van der Waals surface area (Å²) in [5.41, 5.74) is 1.43. The van der Waals surface area contributed by atoms with Gasteiger partial charge in [0.05, 0.1) is 25.5 Å². The predicted octanol–water partition coefficient (Wildman–Crippen LogP) is 3.10. The van der Waals surface area contributed by atoms with Crippen LogP contribution in [0.4, 0.5) is 5.69 Å². The van der Waals surface area contributed by atoms with Crippen molar-refractivity contribution in [2.75, 3.05) is 19.5 Å². The first-order valence-electron chi connectivity index (χ1n) is 8.55.